The fraction of sp³-hybridized carbons (Fsp3) is 0.462. The average molecular weight is 344 g/mol. The molecule has 0 aromatic carbocycles. The summed E-state index contributed by atoms with van der Waals surface area (Å²) in [5, 5.41) is 2.64. The molecule has 0 saturated heterocycles. The van der Waals surface area contributed by atoms with Crippen molar-refractivity contribution in [2.45, 2.75) is 20.4 Å². The van der Waals surface area contributed by atoms with Crippen LogP contribution in [0.1, 0.15) is 13.8 Å². The Morgan fingerprint density at radius 2 is 2.05 bits per heavy atom. The summed E-state index contributed by atoms with van der Waals surface area (Å²) in [5.74, 6) is -0.469. The molecule has 0 radical (unpaired) electrons. The van der Waals surface area contributed by atoms with E-state index in [0.717, 1.165) is 4.47 Å². The van der Waals surface area contributed by atoms with E-state index in [4.69, 9.17) is 0 Å². The first-order valence-electron chi connectivity index (χ1n) is 6.38. The smallest absolute Gasteiger partial charge is 0.251 e. The molecular weight excluding hydrogens is 326 g/mol. The molecule has 0 spiro atoms. The number of hydrogen-bond acceptors (Lipinski definition) is 3. The Hall–Kier alpha value is -1.63. The van der Waals surface area contributed by atoms with Crippen molar-refractivity contribution in [2.75, 3.05) is 19.6 Å². The molecule has 1 heterocycles. The van der Waals surface area contributed by atoms with Gasteiger partial charge in [0, 0.05) is 29.8 Å². The summed E-state index contributed by atoms with van der Waals surface area (Å²) in [6, 6.07) is 3.01. The van der Waals surface area contributed by atoms with Crippen LogP contribution in [0.5, 0.6) is 0 Å². The van der Waals surface area contributed by atoms with Gasteiger partial charge in [0.05, 0.1) is 6.54 Å². The van der Waals surface area contributed by atoms with Crippen LogP contribution in [0.15, 0.2) is 27.6 Å². The van der Waals surface area contributed by atoms with Gasteiger partial charge in [-0.2, -0.15) is 0 Å². The minimum atomic E-state index is -0.265. The maximum Gasteiger partial charge on any atom is 0.251 e. The number of carbonyl (C=O) groups is 2. The molecule has 2 amide bonds. The maximum absolute atomic E-state index is 12.1. The molecule has 110 valence electrons. The van der Waals surface area contributed by atoms with Gasteiger partial charge in [-0.05, 0) is 35.8 Å². The van der Waals surface area contributed by atoms with Crippen molar-refractivity contribution < 1.29 is 9.59 Å². The van der Waals surface area contributed by atoms with E-state index in [2.05, 4.69) is 21.2 Å². The number of aromatic nitrogens is 1. The van der Waals surface area contributed by atoms with Crippen molar-refractivity contribution in [1.29, 1.82) is 0 Å². The van der Waals surface area contributed by atoms with Crippen LogP contribution >= 0.6 is 15.9 Å². The van der Waals surface area contributed by atoms with Crippen molar-refractivity contribution in [3.8, 4) is 0 Å². The van der Waals surface area contributed by atoms with Gasteiger partial charge >= 0.3 is 0 Å². The number of carbonyl (C=O) groups excluding carboxylic acids is 2. The maximum atomic E-state index is 12.1. The molecule has 1 aromatic rings. The van der Waals surface area contributed by atoms with E-state index in [-0.39, 0.29) is 30.5 Å². The number of likely N-dealkylation sites (N-methyl/N-ethyl adjacent to an activating group) is 2. The van der Waals surface area contributed by atoms with Crippen molar-refractivity contribution >= 4 is 27.7 Å². The Kier molecular flexibility index (Phi) is 6.44. The van der Waals surface area contributed by atoms with Gasteiger partial charge in [0.2, 0.25) is 11.8 Å². The van der Waals surface area contributed by atoms with Gasteiger partial charge in [-0.3, -0.25) is 14.4 Å². The molecule has 7 heteroatoms. The quantitative estimate of drug-likeness (QED) is 0.821. The average Bonchev–Trinajstić information content (AvgIpc) is 2.40. The van der Waals surface area contributed by atoms with E-state index in [1.807, 2.05) is 6.92 Å². The summed E-state index contributed by atoms with van der Waals surface area (Å²) < 4.78 is 2.03. The van der Waals surface area contributed by atoms with Gasteiger partial charge < -0.3 is 14.8 Å². The van der Waals surface area contributed by atoms with Crippen molar-refractivity contribution in [2.24, 2.45) is 0 Å². The van der Waals surface area contributed by atoms with Crippen LogP contribution in [0.3, 0.4) is 0 Å². The molecule has 0 saturated carbocycles. The highest BCUT2D eigenvalue weighted by Gasteiger charge is 2.16. The molecule has 0 aliphatic carbocycles. The van der Waals surface area contributed by atoms with Gasteiger partial charge in [0.15, 0.2) is 0 Å². The van der Waals surface area contributed by atoms with Gasteiger partial charge in [0.1, 0.15) is 6.54 Å². The number of nitrogens with one attached hydrogen (secondary N) is 1. The molecule has 1 rings (SSSR count). The highest BCUT2D eigenvalue weighted by Crippen LogP contribution is 2.05. The number of rotatable bonds is 6. The van der Waals surface area contributed by atoms with E-state index in [1.165, 1.54) is 15.5 Å². The van der Waals surface area contributed by atoms with E-state index in [1.54, 1.807) is 19.2 Å². The van der Waals surface area contributed by atoms with E-state index < -0.39 is 0 Å². The molecule has 0 atom stereocenters. The fourth-order valence-corrected chi connectivity index (χ4v) is 2.05. The lowest BCUT2D eigenvalue weighted by Gasteiger charge is -2.20. The SMILES string of the molecule is CCNC(=O)CN(CC)C(=O)Cn1cc(Br)ccc1=O. The van der Waals surface area contributed by atoms with Gasteiger partial charge in [0.25, 0.3) is 5.56 Å². The lowest BCUT2D eigenvalue weighted by molar-refractivity contribution is -0.136. The number of amides is 2. The zero-order valence-corrected chi connectivity index (χ0v) is 13.1. The van der Waals surface area contributed by atoms with Crippen LogP contribution in [-0.4, -0.2) is 40.9 Å². The molecule has 6 nitrogen and oxygen atoms in total. The van der Waals surface area contributed by atoms with Crippen LogP contribution in [0, 0.1) is 0 Å². The highest BCUT2D eigenvalue weighted by molar-refractivity contribution is 9.10. The molecule has 0 aliphatic heterocycles. The second-order valence-electron chi connectivity index (χ2n) is 4.17. The topological polar surface area (TPSA) is 71.4 Å². The number of nitrogens with zero attached hydrogens (tertiary/aromatic N) is 2. The van der Waals surface area contributed by atoms with Crippen molar-refractivity contribution in [3.63, 3.8) is 0 Å². The van der Waals surface area contributed by atoms with Crippen LogP contribution in [0.25, 0.3) is 0 Å². The van der Waals surface area contributed by atoms with Crippen LogP contribution in [-0.2, 0) is 16.1 Å². The summed E-state index contributed by atoms with van der Waals surface area (Å²) >= 11 is 3.25. The number of hydrogen-bond donors (Lipinski definition) is 1. The Balaban J connectivity index is 2.74. The Morgan fingerprint density at radius 3 is 2.65 bits per heavy atom. The van der Waals surface area contributed by atoms with Gasteiger partial charge in [-0.15, -0.1) is 0 Å². The third-order valence-corrected chi connectivity index (χ3v) is 3.16. The first-order valence-corrected chi connectivity index (χ1v) is 7.17. The molecule has 1 aromatic heterocycles. The summed E-state index contributed by atoms with van der Waals surface area (Å²) in [6.45, 7) is 4.48. The molecular formula is C13H18BrN3O3. The molecule has 1 N–H and O–H groups in total. The second-order valence-corrected chi connectivity index (χ2v) is 5.09. The summed E-state index contributed by atoms with van der Waals surface area (Å²) in [4.78, 5) is 36.7. The van der Waals surface area contributed by atoms with Crippen molar-refractivity contribution in [1.82, 2.24) is 14.8 Å². The first kappa shape index (κ1) is 16.4. The van der Waals surface area contributed by atoms with Crippen LogP contribution < -0.4 is 10.9 Å². The number of halogens is 1. The summed E-state index contributed by atoms with van der Waals surface area (Å²) in [5.41, 5.74) is -0.254. The number of pyridine rings is 1. The summed E-state index contributed by atoms with van der Waals surface area (Å²) in [6.07, 6.45) is 1.56. The molecule has 0 fully saturated rings. The normalized spacial score (nSPS) is 10.2. The Labute approximate surface area is 125 Å². The third-order valence-electron chi connectivity index (χ3n) is 2.70. The monoisotopic (exact) mass is 343 g/mol. The van der Waals surface area contributed by atoms with Crippen LogP contribution in [0.4, 0.5) is 0 Å². The largest absolute Gasteiger partial charge is 0.355 e. The Morgan fingerprint density at radius 1 is 1.35 bits per heavy atom. The Bertz CT molecular complexity index is 542. The predicted molar refractivity (Wildman–Crippen MR) is 79.3 cm³/mol. The predicted octanol–water partition coefficient (Wildman–Crippen LogP) is 0.595. The first-order chi connectivity index (χ1) is 9.47. The molecule has 20 heavy (non-hydrogen) atoms. The van der Waals surface area contributed by atoms with E-state index in [9.17, 15) is 14.4 Å². The summed E-state index contributed by atoms with van der Waals surface area (Å²) in [7, 11) is 0. The third kappa shape index (κ3) is 4.80. The minimum Gasteiger partial charge on any atom is -0.355 e. The lowest BCUT2D eigenvalue weighted by Crippen LogP contribution is -2.42. The molecule has 0 unspecified atom stereocenters. The standard InChI is InChI=1S/C13H18BrN3O3/c1-3-15-11(18)8-16(4-2)13(20)9-17-7-10(14)5-6-12(17)19/h5-7H,3-4,8-9H2,1-2H3,(H,15,18). The fourth-order valence-electron chi connectivity index (χ4n) is 1.67. The van der Waals surface area contributed by atoms with Gasteiger partial charge in [-0.25, -0.2) is 0 Å². The molecule has 0 bridgehead atoms. The van der Waals surface area contributed by atoms with Crippen molar-refractivity contribution in [3.05, 3.63) is 33.2 Å². The van der Waals surface area contributed by atoms with Crippen LogP contribution in [0.2, 0.25) is 0 Å². The zero-order valence-electron chi connectivity index (χ0n) is 11.6. The van der Waals surface area contributed by atoms with E-state index >= 15 is 0 Å². The lowest BCUT2D eigenvalue weighted by atomic mass is 10.4. The second kappa shape index (κ2) is 7.84. The highest BCUT2D eigenvalue weighted by atomic mass is 79.9. The molecule has 0 aliphatic rings. The minimum absolute atomic E-state index is 0.00588. The van der Waals surface area contributed by atoms with E-state index in [0.29, 0.717) is 13.1 Å². The van der Waals surface area contributed by atoms with Gasteiger partial charge in [-0.1, -0.05) is 0 Å². The zero-order chi connectivity index (χ0) is 15.1.